The topological polar surface area (TPSA) is 92.8 Å². The molecule has 4 rings (SSSR count). The molecule has 7 nitrogen and oxygen atoms in total. The first-order valence-electron chi connectivity index (χ1n) is 9.55. The second-order valence-electron chi connectivity index (χ2n) is 6.92. The lowest BCUT2D eigenvalue weighted by molar-refractivity contribution is -0.119. The monoisotopic (exact) mass is 414 g/mol. The number of hydrogen-bond acceptors (Lipinski definition) is 5. The van der Waals surface area contributed by atoms with Crippen molar-refractivity contribution >= 4 is 40.2 Å². The average molecular weight is 414 g/mol. The third-order valence-electron chi connectivity index (χ3n) is 4.92. The molecule has 1 heterocycles. The van der Waals surface area contributed by atoms with Crippen LogP contribution in [0.1, 0.15) is 31.1 Å². The normalized spacial score (nSPS) is 12.6. The number of imide groups is 1. The number of amides is 3. The molecule has 7 heteroatoms. The van der Waals surface area contributed by atoms with Crippen LogP contribution in [0.2, 0.25) is 0 Å². The highest BCUT2D eigenvalue weighted by Gasteiger charge is 2.35. The van der Waals surface area contributed by atoms with Crippen LogP contribution in [0, 0.1) is 0 Å². The summed E-state index contributed by atoms with van der Waals surface area (Å²) in [4.78, 5) is 50.4. The number of hydrogen-bond donors (Lipinski definition) is 1. The van der Waals surface area contributed by atoms with Crippen molar-refractivity contribution in [1.82, 2.24) is 4.90 Å². The highest BCUT2D eigenvalue weighted by molar-refractivity contribution is 6.22. The van der Waals surface area contributed by atoms with Gasteiger partial charge >= 0.3 is 5.97 Å². The van der Waals surface area contributed by atoms with E-state index in [4.69, 9.17) is 4.74 Å². The molecule has 0 aliphatic carbocycles. The summed E-state index contributed by atoms with van der Waals surface area (Å²) in [5.74, 6) is -2.19. The Kier molecular flexibility index (Phi) is 5.32. The van der Waals surface area contributed by atoms with Gasteiger partial charge in [0.05, 0.1) is 16.7 Å². The maximum absolute atomic E-state index is 12.4. The summed E-state index contributed by atoms with van der Waals surface area (Å²) < 4.78 is 5.09. The molecule has 3 aromatic carbocycles. The number of carbonyl (C=O) groups is 4. The lowest BCUT2D eigenvalue weighted by Crippen LogP contribution is -2.29. The molecule has 1 aliphatic heterocycles. The Morgan fingerprint density at radius 1 is 0.968 bits per heavy atom. The molecule has 3 aromatic rings. The van der Waals surface area contributed by atoms with E-state index in [9.17, 15) is 19.2 Å². The van der Waals surface area contributed by atoms with E-state index < -0.39 is 30.3 Å². The standard InChI is InChI=1S/C24H18N2O5/c1-2-12-26-22(28)18-11-10-16(13-19(18)23(26)29)24(30)31-14-21(27)25-20-9-5-7-15-6-3-4-8-17(15)20/h2-11,13H,1,12,14H2,(H,25,27). The van der Waals surface area contributed by atoms with Crippen LogP contribution in [-0.2, 0) is 9.53 Å². The number of nitrogens with zero attached hydrogens (tertiary/aromatic N) is 1. The first-order valence-corrected chi connectivity index (χ1v) is 9.55. The maximum atomic E-state index is 12.4. The van der Waals surface area contributed by atoms with Crippen molar-refractivity contribution in [3.05, 3.63) is 90.0 Å². The quantitative estimate of drug-likeness (QED) is 0.379. The molecule has 0 radical (unpaired) electrons. The van der Waals surface area contributed by atoms with E-state index in [1.807, 2.05) is 36.4 Å². The molecule has 1 N–H and O–H groups in total. The zero-order chi connectivity index (χ0) is 22.0. The molecule has 0 atom stereocenters. The number of carbonyl (C=O) groups excluding carboxylic acids is 4. The Balaban J connectivity index is 1.43. The molecule has 3 amide bonds. The third-order valence-corrected chi connectivity index (χ3v) is 4.92. The number of fused-ring (bicyclic) bond motifs is 2. The van der Waals surface area contributed by atoms with Gasteiger partial charge < -0.3 is 10.1 Å². The summed E-state index contributed by atoms with van der Waals surface area (Å²) >= 11 is 0. The smallest absolute Gasteiger partial charge is 0.338 e. The highest BCUT2D eigenvalue weighted by Crippen LogP contribution is 2.25. The van der Waals surface area contributed by atoms with Crippen LogP contribution >= 0.6 is 0 Å². The van der Waals surface area contributed by atoms with Gasteiger partial charge in [-0.3, -0.25) is 19.3 Å². The molecular weight excluding hydrogens is 396 g/mol. The van der Waals surface area contributed by atoms with E-state index in [0.29, 0.717) is 5.69 Å². The number of ether oxygens (including phenoxy) is 1. The zero-order valence-electron chi connectivity index (χ0n) is 16.5. The predicted molar refractivity (Wildman–Crippen MR) is 115 cm³/mol. The summed E-state index contributed by atoms with van der Waals surface area (Å²) in [7, 11) is 0. The summed E-state index contributed by atoms with van der Waals surface area (Å²) in [6, 6.07) is 17.2. The Hall–Kier alpha value is -4.26. The minimum atomic E-state index is -0.765. The van der Waals surface area contributed by atoms with Gasteiger partial charge in [0.15, 0.2) is 6.61 Å². The van der Waals surface area contributed by atoms with Crippen molar-refractivity contribution in [2.24, 2.45) is 0 Å². The SMILES string of the molecule is C=CCN1C(=O)c2ccc(C(=O)OCC(=O)Nc3cccc4ccccc34)cc2C1=O. The number of anilines is 1. The molecule has 0 unspecified atom stereocenters. The molecule has 1 aliphatic rings. The van der Waals surface area contributed by atoms with Gasteiger partial charge in [0.2, 0.25) is 0 Å². The fourth-order valence-corrected chi connectivity index (χ4v) is 3.45. The van der Waals surface area contributed by atoms with Crippen LogP contribution in [-0.4, -0.2) is 41.7 Å². The first-order chi connectivity index (χ1) is 15.0. The van der Waals surface area contributed by atoms with Crippen molar-refractivity contribution < 1.29 is 23.9 Å². The van der Waals surface area contributed by atoms with Crippen LogP contribution in [0.5, 0.6) is 0 Å². The Bertz CT molecular complexity index is 1240. The number of esters is 1. The van der Waals surface area contributed by atoms with E-state index in [-0.39, 0.29) is 23.2 Å². The van der Waals surface area contributed by atoms with Gasteiger partial charge in [-0.25, -0.2) is 4.79 Å². The van der Waals surface area contributed by atoms with Crippen molar-refractivity contribution in [3.63, 3.8) is 0 Å². The largest absolute Gasteiger partial charge is 0.452 e. The molecular formula is C24H18N2O5. The third kappa shape index (κ3) is 3.81. The van der Waals surface area contributed by atoms with E-state index >= 15 is 0 Å². The van der Waals surface area contributed by atoms with Crippen LogP contribution in [0.4, 0.5) is 5.69 Å². The van der Waals surface area contributed by atoms with Gasteiger partial charge in [-0.1, -0.05) is 42.5 Å². The highest BCUT2D eigenvalue weighted by atomic mass is 16.5. The van der Waals surface area contributed by atoms with Gasteiger partial charge in [-0.15, -0.1) is 6.58 Å². The fourth-order valence-electron chi connectivity index (χ4n) is 3.45. The Labute approximate surface area is 177 Å². The van der Waals surface area contributed by atoms with E-state index in [0.717, 1.165) is 15.7 Å². The first kappa shape index (κ1) is 20.0. The molecule has 0 bridgehead atoms. The van der Waals surface area contributed by atoms with Crippen LogP contribution in [0.15, 0.2) is 73.3 Å². The van der Waals surface area contributed by atoms with Crippen molar-refractivity contribution in [1.29, 1.82) is 0 Å². The van der Waals surface area contributed by atoms with Crippen molar-refractivity contribution in [2.45, 2.75) is 0 Å². The van der Waals surface area contributed by atoms with Gasteiger partial charge in [-0.05, 0) is 29.7 Å². The Morgan fingerprint density at radius 2 is 1.71 bits per heavy atom. The van der Waals surface area contributed by atoms with Gasteiger partial charge in [-0.2, -0.15) is 0 Å². The molecule has 31 heavy (non-hydrogen) atoms. The minimum Gasteiger partial charge on any atom is -0.452 e. The maximum Gasteiger partial charge on any atom is 0.338 e. The zero-order valence-corrected chi connectivity index (χ0v) is 16.5. The minimum absolute atomic E-state index is 0.0818. The molecule has 0 saturated carbocycles. The second-order valence-corrected chi connectivity index (χ2v) is 6.92. The summed E-state index contributed by atoms with van der Waals surface area (Å²) in [6.45, 7) is 3.12. The average Bonchev–Trinajstić information content (AvgIpc) is 3.02. The van der Waals surface area contributed by atoms with Crippen LogP contribution < -0.4 is 5.32 Å². The lowest BCUT2D eigenvalue weighted by atomic mass is 10.1. The van der Waals surface area contributed by atoms with Crippen molar-refractivity contribution in [2.75, 3.05) is 18.5 Å². The van der Waals surface area contributed by atoms with E-state index in [1.165, 1.54) is 24.3 Å². The summed E-state index contributed by atoms with van der Waals surface area (Å²) in [5.41, 5.74) is 1.04. The lowest BCUT2D eigenvalue weighted by Gasteiger charge is -2.10. The molecule has 154 valence electrons. The van der Waals surface area contributed by atoms with Gasteiger partial charge in [0.1, 0.15) is 0 Å². The van der Waals surface area contributed by atoms with Crippen molar-refractivity contribution in [3.8, 4) is 0 Å². The summed E-state index contributed by atoms with van der Waals surface area (Å²) in [6.07, 6.45) is 1.45. The number of nitrogens with one attached hydrogen (secondary N) is 1. The second kappa shape index (κ2) is 8.23. The number of benzene rings is 3. The number of rotatable bonds is 6. The molecule has 0 saturated heterocycles. The van der Waals surface area contributed by atoms with Gasteiger partial charge in [0, 0.05) is 17.6 Å². The fraction of sp³-hybridized carbons (Fsp3) is 0.0833. The van der Waals surface area contributed by atoms with E-state index in [2.05, 4.69) is 11.9 Å². The predicted octanol–water partition coefficient (Wildman–Crippen LogP) is 3.42. The van der Waals surface area contributed by atoms with Crippen LogP contribution in [0.25, 0.3) is 10.8 Å². The molecule has 0 spiro atoms. The van der Waals surface area contributed by atoms with Crippen LogP contribution in [0.3, 0.4) is 0 Å². The summed E-state index contributed by atoms with van der Waals surface area (Å²) in [5, 5.41) is 4.58. The Morgan fingerprint density at radius 3 is 2.52 bits per heavy atom. The van der Waals surface area contributed by atoms with Gasteiger partial charge in [0.25, 0.3) is 17.7 Å². The molecule has 0 fully saturated rings. The molecule has 0 aromatic heterocycles. The van der Waals surface area contributed by atoms with E-state index in [1.54, 1.807) is 6.07 Å².